The quantitative estimate of drug-likeness (QED) is 0.517. The molecule has 1 atom stereocenters. The number of nitrogens with two attached hydrogens (primary N) is 1. The summed E-state index contributed by atoms with van der Waals surface area (Å²) < 4.78 is 4.71. The first-order valence-corrected chi connectivity index (χ1v) is 4.14. The molecule has 0 amide bonds. The molecule has 78 valence electrons. The first kappa shape index (κ1) is 12.6. The van der Waals surface area contributed by atoms with Crippen molar-refractivity contribution in [2.45, 2.75) is 19.9 Å². The van der Waals surface area contributed by atoms with Crippen LogP contribution in [0, 0.1) is 0 Å². The fourth-order valence-electron chi connectivity index (χ4n) is 0.681. The van der Waals surface area contributed by atoms with Crippen LogP contribution >= 0.6 is 0 Å². The maximum Gasteiger partial charge on any atom is 0.333 e. The second kappa shape index (κ2) is 5.34. The Labute approximate surface area is 83.4 Å². The van der Waals surface area contributed by atoms with Crippen LogP contribution in [0.3, 0.4) is 0 Å². The molecule has 4 heteroatoms. The molecule has 2 N–H and O–H groups in total. The van der Waals surface area contributed by atoms with Crippen molar-refractivity contribution in [2.75, 3.05) is 6.61 Å². The predicted molar refractivity (Wildman–Crippen MR) is 53.6 cm³/mol. The first-order chi connectivity index (χ1) is 6.36. The summed E-state index contributed by atoms with van der Waals surface area (Å²) in [5.41, 5.74) is 6.08. The molecule has 0 radical (unpaired) electrons. The van der Waals surface area contributed by atoms with Gasteiger partial charge in [-0.2, -0.15) is 0 Å². The van der Waals surface area contributed by atoms with Gasteiger partial charge in [-0.15, -0.1) is 0 Å². The van der Waals surface area contributed by atoms with Gasteiger partial charge in [0.2, 0.25) is 0 Å². The van der Waals surface area contributed by atoms with Crippen LogP contribution in [0.1, 0.15) is 13.8 Å². The van der Waals surface area contributed by atoms with Gasteiger partial charge in [-0.25, -0.2) is 4.79 Å². The Hall–Kier alpha value is -1.42. The maximum absolute atomic E-state index is 11.2. The third kappa shape index (κ3) is 4.00. The second-order valence-corrected chi connectivity index (χ2v) is 3.13. The molecule has 0 bridgehead atoms. The molecule has 0 aromatic rings. The van der Waals surface area contributed by atoms with Crippen molar-refractivity contribution >= 4 is 11.8 Å². The summed E-state index contributed by atoms with van der Waals surface area (Å²) in [6.45, 7) is 9.78. The molecule has 0 fully saturated rings. The van der Waals surface area contributed by atoms with Crippen molar-refractivity contribution in [3.63, 3.8) is 0 Å². The van der Waals surface area contributed by atoms with Gasteiger partial charge < -0.3 is 10.5 Å². The molecule has 0 rings (SSSR count). The van der Waals surface area contributed by atoms with E-state index in [1.54, 1.807) is 6.92 Å². The Morgan fingerprint density at radius 3 is 2.14 bits per heavy atom. The molecule has 1 unspecified atom stereocenters. The molecule has 0 aromatic carbocycles. The number of hydrogen-bond acceptors (Lipinski definition) is 4. The molecule has 0 aliphatic heterocycles. The highest BCUT2D eigenvalue weighted by Gasteiger charge is 2.16. The Morgan fingerprint density at radius 2 is 1.79 bits per heavy atom. The molecule has 0 aliphatic rings. The van der Waals surface area contributed by atoms with E-state index in [9.17, 15) is 9.59 Å². The average Bonchev–Trinajstić information content (AvgIpc) is 2.11. The summed E-state index contributed by atoms with van der Waals surface area (Å²) in [5, 5.41) is 0. The van der Waals surface area contributed by atoms with Crippen LogP contribution in [0.15, 0.2) is 24.3 Å². The highest BCUT2D eigenvalue weighted by Crippen LogP contribution is 1.98. The van der Waals surface area contributed by atoms with Gasteiger partial charge in [0.25, 0.3) is 0 Å². The molecular weight excluding hydrogens is 182 g/mol. The summed E-state index contributed by atoms with van der Waals surface area (Å²) in [5.74, 6) is -0.852. The Bertz CT molecular complexity index is 281. The minimum Gasteiger partial charge on any atom is -0.460 e. The minimum absolute atomic E-state index is 0.141. The number of hydrogen-bond donors (Lipinski definition) is 1. The van der Waals surface area contributed by atoms with Crippen LogP contribution in [0.25, 0.3) is 0 Å². The molecule has 0 heterocycles. The van der Waals surface area contributed by atoms with Crippen molar-refractivity contribution in [1.29, 1.82) is 0 Å². The topological polar surface area (TPSA) is 69.4 Å². The lowest BCUT2D eigenvalue weighted by atomic mass is 10.1. The van der Waals surface area contributed by atoms with Crippen LogP contribution in [0.5, 0.6) is 0 Å². The van der Waals surface area contributed by atoms with Crippen LogP contribution in [-0.2, 0) is 14.3 Å². The average molecular weight is 197 g/mol. The highest BCUT2D eigenvalue weighted by molar-refractivity contribution is 5.98. The molecule has 4 nitrogen and oxygen atoms in total. The molecule has 0 aliphatic carbocycles. The van der Waals surface area contributed by atoms with Crippen molar-refractivity contribution in [1.82, 2.24) is 0 Å². The summed E-state index contributed by atoms with van der Waals surface area (Å²) in [7, 11) is 0. The molecule has 0 saturated heterocycles. The number of ketones is 1. The standard InChI is InChI=1S/C10H15NO3/c1-6(2)9(12)8(11)5-14-10(13)7(3)4/h8H,1,3,5,11H2,2,4H3. The van der Waals surface area contributed by atoms with Gasteiger partial charge in [0, 0.05) is 5.57 Å². The van der Waals surface area contributed by atoms with Crippen LogP contribution in [0.4, 0.5) is 0 Å². The van der Waals surface area contributed by atoms with E-state index in [0.29, 0.717) is 5.57 Å². The Balaban J connectivity index is 4.03. The number of esters is 1. The molecule has 0 saturated carbocycles. The Kier molecular flexibility index (Phi) is 4.80. The summed E-state index contributed by atoms with van der Waals surface area (Å²) in [4.78, 5) is 22.1. The zero-order valence-corrected chi connectivity index (χ0v) is 8.50. The SMILES string of the molecule is C=C(C)C(=O)OCC(N)C(=O)C(=C)C. The number of rotatable bonds is 5. The van der Waals surface area contributed by atoms with Gasteiger partial charge in [-0.1, -0.05) is 13.2 Å². The third-order valence-electron chi connectivity index (χ3n) is 1.50. The van der Waals surface area contributed by atoms with Crippen molar-refractivity contribution in [3.8, 4) is 0 Å². The lowest BCUT2D eigenvalue weighted by Crippen LogP contribution is -2.36. The van der Waals surface area contributed by atoms with Gasteiger partial charge in [0.15, 0.2) is 5.78 Å². The van der Waals surface area contributed by atoms with Crippen LogP contribution in [0.2, 0.25) is 0 Å². The van der Waals surface area contributed by atoms with Gasteiger partial charge in [-0.05, 0) is 19.4 Å². The molecule has 14 heavy (non-hydrogen) atoms. The van der Waals surface area contributed by atoms with Gasteiger partial charge in [-0.3, -0.25) is 4.79 Å². The van der Waals surface area contributed by atoms with E-state index in [1.807, 2.05) is 0 Å². The molecule has 0 spiro atoms. The normalized spacial score (nSPS) is 11.6. The number of carbonyl (C=O) groups excluding carboxylic acids is 2. The predicted octanol–water partition coefficient (Wildman–Crippen LogP) is 0.578. The first-order valence-electron chi connectivity index (χ1n) is 4.14. The number of ether oxygens (including phenoxy) is 1. The number of carbonyl (C=O) groups is 2. The fraction of sp³-hybridized carbons (Fsp3) is 0.400. The van der Waals surface area contributed by atoms with E-state index in [2.05, 4.69) is 13.2 Å². The third-order valence-corrected chi connectivity index (χ3v) is 1.50. The zero-order valence-electron chi connectivity index (χ0n) is 8.50. The van der Waals surface area contributed by atoms with E-state index < -0.39 is 12.0 Å². The van der Waals surface area contributed by atoms with Gasteiger partial charge in [0.1, 0.15) is 12.6 Å². The molecular formula is C10H15NO3. The second-order valence-electron chi connectivity index (χ2n) is 3.13. The zero-order chi connectivity index (χ0) is 11.3. The van der Waals surface area contributed by atoms with Gasteiger partial charge >= 0.3 is 5.97 Å². The lowest BCUT2D eigenvalue weighted by Gasteiger charge is -2.10. The van der Waals surface area contributed by atoms with Gasteiger partial charge in [0.05, 0.1) is 0 Å². The van der Waals surface area contributed by atoms with E-state index in [-0.39, 0.29) is 18.0 Å². The van der Waals surface area contributed by atoms with Crippen molar-refractivity contribution in [3.05, 3.63) is 24.3 Å². The summed E-state index contributed by atoms with van der Waals surface area (Å²) >= 11 is 0. The maximum atomic E-state index is 11.2. The van der Waals surface area contributed by atoms with E-state index >= 15 is 0 Å². The summed E-state index contributed by atoms with van der Waals surface area (Å²) in [6, 6.07) is -0.837. The lowest BCUT2D eigenvalue weighted by molar-refractivity contribution is -0.140. The van der Waals surface area contributed by atoms with Crippen molar-refractivity contribution in [2.24, 2.45) is 5.73 Å². The van der Waals surface area contributed by atoms with Crippen LogP contribution < -0.4 is 5.73 Å². The summed E-state index contributed by atoms with van der Waals surface area (Å²) in [6.07, 6.45) is 0. The smallest absolute Gasteiger partial charge is 0.333 e. The van der Waals surface area contributed by atoms with Crippen molar-refractivity contribution < 1.29 is 14.3 Å². The van der Waals surface area contributed by atoms with Crippen LogP contribution in [-0.4, -0.2) is 24.4 Å². The highest BCUT2D eigenvalue weighted by atomic mass is 16.5. The Morgan fingerprint density at radius 1 is 1.29 bits per heavy atom. The van der Waals surface area contributed by atoms with E-state index in [0.717, 1.165) is 0 Å². The monoisotopic (exact) mass is 197 g/mol. The molecule has 0 aromatic heterocycles. The van der Waals surface area contributed by atoms with E-state index in [4.69, 9.17) is 10.5 Å². The fourth-order valence-corrected chi connectivity index (χ4v) is 0.681. The minimum atomic E-state index is -0.837. The van der Waals surface area contributed by atoms with E-state index in [1.165, 1.54) is 6.92 Å². The largest absolute Gasteiger partial charge is 0.460 e. The number of Topliss-reactive ketones (excluding diaryl/α,β-unsaturated/α-hetero) is 1.